The first kappa shape index (κ1) is 22.6. The van der Waals surface area contributed by atoms with Crippen molar-refractivity contribution in [1.29, 1.82) is 0 Å². The zero-order valence-electron chi connectivity index (χ0n) is 19.9. The molecule has 184 valence electrons. The summed E-state index contributed by atoms with van der Waals surface area (Å²) in [4.78, 5) is 39.1. The molecule has 8 nitrogen and oxygen atoms in total. The summed E-state index contributed by atoms with van der Waals surface area (Å²) in [7, 11) is 3.07. The van der Waals surface area contributed by atoms with E-state index in [1.165, 1.54) is 13.4 Å². The molecule has 0 saturated heterocycles. The Labute approximate surface area is 210 Å². The third-order valence-corrected chi connectivity index (χ3v) is 6.57. The van der Waals surface area contributed by atoms with Gasteiger partial charge in [-0.15, -0.1) is 0 Å². The van der Waals surface area contributed by atoms with Gasteiger partial charge in [-0.3, -0.25) is 14.4 Å². The summed E-state index contributed by atoms with van der Waals surface area (Å²) >= 11 is 0. The number of hydrogen-bond acceptors (Lipinski definition) is 8. The van der Waals surface area contributed by atoms with E-state index in [-0.39, 0.29) is 34.9 Å². The molecule has 1 atom stereocenters. The fourth-order valence-corrected chi connectivity index (χ4v) is 4.80. The van der Waals surface area contributed by atoms with Crippen molar-refractivity contribution in [2.45, 2.75) is 12.3 Å². The molecule has 1 aromatic heterocycles. The quantitative estimate of drug-likeness (QED) is 0.224. The van der Waals surface area contributed by atoms with Gasteiger partial charge in [-0.25, -0.2) is 0 Å². The number of ketones is 1. The van der Waals surface area contributed by atoms with E-state index in [2.05, 4.69) is 0 Å². The number of methoxy groups -OCH3 is 2. The van der Waals surface area contributed by atoms with Gasteiger partial charge in [0.2, 0.25) is 5.78 Å². The van der Waals surface area contributed by atoms with Crippen molar-refractivity contribution in [2.75, 3.05) is 14.2 Å². The predicted molar refractivity (Wildman–Crippen MR) is 134 cm³/mol. The van der Waals surface area contributed by atoms with E-state index < -0.39 is 11.9 Å². The van der Waals surface area contributed by atoms with Gasteiger partial charge in [0.15, 0.2) is 22.7 Å². The Bertz CT molecular complexity index is 1690. The van der Waals surface area contributed by atoms with Crippen molar-refractivity contribution in [3.05, 3.63) is 99.1 Å². The minimum Gasteiger partial charge on any atom is -0.493 e. The highest BCUT2D eigenvalue weighted by atomic mass is 16.5. The molecule has 4 aromatic rings. The Kier molecular flexibility index (Phi) is 5.30. The molecule has 0 aliphatic carbocycles. The number of allylic oxidation sites excluding steroid dienone is 1. The van der Waals surface area contributed by atoms with E-state index >= 15 is 0 Å². The Morgan fingerprint density at radius 3 is 2.54 bits per heavy atom. The third-order valence-electron chi connectivity index (χ3n) is 6.57. The van der Waals surface area contributed by atoms with E-state index in [9.17, 15) is 14.4 Å². The lowest BCUT2D eigenvalue weighted by molar-refractivity contribution is -0.135. The smallest absolute Gasteiger partial charge is 0.312 e. The molecule has 6 rings (SSSR count). The molecular weight excluding hydrogens is 476 g/mol. The number of Topliss-reactive ketones (excluding diaryl/α,β-unsaturated/α-hetero) is 1. The molecular formula is C29H20O8. The largest absolute Gasteiger partial charge is 0.493 e. The molecule has 37 heavy (non-hydrogen) atoms. The number of ether oxygens (including phenoxy) is 4. The molecule has 3 heterocycles. The molecule has 0 bridgehead atoms. The SMILES string of the molecule is COc1ccc(/C=C2\Oc3c(ccc4c3[C@H](c3coc5ccccc5c3=O)CC(=O)O4)C2=O)cc1OC. The van der Waals surface area contributed by atoms with Gasteiger partial charge >= 0.3 is 5.97 Å². The molecule has 2 aliphatic rings. The van der Waals surface area contributed by atoms with Crippen LogP contribution in [0.15, 0.2) is 75.8 Å². The van der Waals surface area contributed by atoms with Crippen LogP contribution in [0, 0.1) is 0 Å². The van der Waals surface area contributed by atoms with Crippen LogP contribution in [-0.4, -0.2) is 26.0 Å². The maximum atomic E-state index is 13.4. The molecule has 8 heteroatoms. The summed E-state index contributed by atoms with van der Waals surface area (Å²) < 4.78 is 27.9. The molecule has 0 amide bonds. The topological polar surface area (TPSA) is 101 Å². The van der Waals surface area contributed by atoms with Gasteiger partial charge in [-0.1, -0.05) is 18.2 Å². The fraction of sp³-hybridized carbons (Fsp3) is 0.138. The molecule has 0 radical (unpaired) electrons. The van der Waals surface area contributed by atoms with Crippen molar-refractivity contribution < 1.29 is 33.0 Å². The lowest BCUT2D eigenvalue weighted by Gasteiger charge is -2.25. The maximum Gasteiger partial charge on any atom is 0.312 e. The van der Waals surface area contributed by atoms with Crippen molar-refractivity contribution in [3.8, 4) is 23.0 Å². The van der Waals surface area contributed by atoms with Gasteiger partial charge in [-0.05, 0) is 48.0 Å². The maximum absolute atomic E-state index is 13.4. The van der Waals surface area contributed by atoms with Crippen LogP contribution in [0.4, 0.5) is 0 Å². The number of carbonyl (C=O) groups is 2. The molecule has 0 N–H and O–H groups in total. The standard InChI is InChI=1S/C29H20O8/c1-33-21-9-7-15(11-23(21)34-2)12-24-28(32)17-8-10-22-26(29(17)37-24)18(13-25(30)36-22)19-14-35-20-6-4-3-5-16(20)27(19)31/h3-12,14,18H,13H2,1-2H3/b24-12-/t18-/m0/s1. The van der Waals surface area contributed by atoms with Gasteiger partial charge in [0.05, 0.1) is 37.9 Å². The van der Waals surface area contributed by atoms with E-state index in [0.29, 0.717) is 44.7 Å². The Hall–Kier alpha value is -4.85. The number of rotatable bonds is 4. The second-order valence-electron chi connectivity index (χ2n) is 8.66. The monoisotopic (exact) mass is 496 g/mol. The van der Waals surface area contributed by atoms with Gasteiger partial charge < -0.3 is 23.4 Å². The van der Waals surface area contributed by atoms with E-state index in [0.717, 1.165) is 0 Å². The van der Waals surface area contributed by atoms with Gasteiger partial charge in [0.25, 0.3) is 0 Å². The third kappa shape index (κ3) is 3.65. The first-order valence-corrected chi connectivity index (χ1v) is 11.5. The zero-order valence-corrected chi connectivity index (χ0v) is 19.9. The highest BCUT2D eigenvalue weighted by Gasteiger charge is 2.39. The lowest BCUT2D eigenvalue weighted by atomic mass is 9.85. The minimum atomic E-state index is -0.708. The van der Waals surface area contributed by atoms with Crippen LogP contribution in [0.5, 0.6) is 23.0 Å². The van der Waals surface area contributed by atoms with Crippen molar-refractivity contribution in [3.63, 3.8) is 0 Å². The Morgan fingerprint density at radius 2 is 1.73 bits per heavy atom. The van der Waals surface area contributed by atoms with Gasteiger partial charge in [0.1, 0.15) is 17.1 Å². The lowest BCUT2D eigenvalue weighted by Crippen LogP contribution is -2.25. The normalized spacial score (nSPS) is 17.2. The van der Waals surface area contributed by atoms with Crippen LogP contribution in [0.2, 0.25) is 0 Å². The average Bonchev–Trinajstić information content (AvgIpc) is 3.23. The van der Waals surface area contributed by atoms with Crippen LogP contribution in [0.1, 0.15) is 39.4 Å². The Balaban J connectivity index is 1.46. The highest BCUT2D eigenvalue weighted by molar-refractivity contribution is 6.15. The number of fused-ring (bicyclic) bond motifs is 4. The van der Waals surface area contributed by atoms with Crippen LogP contribution in [0.25, 0.3) is 17.0 Å². The number of benzene rings is 3. The fourth-order valence-electron chi connectivity index (χ4n) is 4.80. The van der Waals surface area contributed by atoms with Crippen LogP contribution >= 0.6 is 0 Å². The number of carbonyl (C=O) groups excluding carboxylic acids is 2. The number of esters is 1. The molecule has 2 aliphatic heterocycles. The first-order valence-electron chi connectivity index (χ1n) is 11.5. The molecule has 0 fully saturated rings. The summed E-state index contributed by atoms with van der Waals surface area (Å²) in [6, 6.07) is 15.2. The van der Waals surface area contributed by atoms with Gasteiger partial charge in [0, 0.05) is 17.0 Å². The van der Waals surface area contributed by atoms with Crippen LogP contribution < -0.4 is 24.4 Å². The molecule has 0 spiro atoms. The summed E-state index contributed by atoms with van der Waals surface area (Å²) in [5.74, 6) is 0.139. The van der Waals surface area contributed by atoms with E-state index in [1.807, 2.05) is 0 Å². The van der Waals surface area contributed by atoms with Crippen LogP contribution in [0.3, 0.4) is 0 Å². The zero-order chi connectivity index (χ0) is 25.7. The number of para-hydroxylation sites is 1. The van der Waals surface area contributed by atoms with Crippen molar-refractivity contribution in [1.82, 2.24) is 0 Å². The average molecular weight is 496 g/mol. The van der Waals surface area contributed by atoms with Crippen molar-refractivity contribution >= 4 is 28.8 Å². The molecule has 0 unspecified atom stereocenters. The van der Waals surface area contributed by atoms with E-state index in [4.69, 9.17) is 23.4 Å². The summed E-state index contributed by atoms with van der Waals surface area (Å²) in [5.41, 5.74) is 1.93. The van der Waals surface area contributed by atoms with Gasteiger partial charge in [-0.2, -0.15) is 0 Å². The second kappa shape index (κ2) is 8.67. The van der Waals surface area contributed by atoms with Crippen LogP contribution in [-0.2, 0) is 4.79 Å². The molecule has 0 saturated carbocycles. The summed E-state index contributed by atoms with van der Waals surface area (Å²) in [5, 5.41) is 0.402. The summed E-state index contributed by atoms with van der Waals surface area (Å²) in [6.07, 6.45) is 2.87. The Morgan fingerprint density at radius 1 is 0.919 bits per heavy atom. The predicted octanol–water partition coefficient (Wildman–Crippen LogP) is 4.87. The second-order valence-corrected chi connectivity index (χ2v) is 8.66. The van der Waals surface area contributed by atoms with E-state index in [1.54, 1.807) is 67.8 Å². The highest BCUT2D eigenvalue weighted by Crippen LogP contribution is 2.48. The number of hydrogen-bond donors (Lipinski definition) is 0. The van der Waals surface area contributed by atoms with Crippen molar-refractivity contribution in [2.24, 2.45) is 0 Å². The molecule has 3 aromatic carbocycles. The first-order chi connectivity index (χ1) is 18.0. The summed E-state index contributed by atoms with van der Waals surface area (Å²) in [6.45, 7) is 0. The minimum absolute atomic E-state index is 0.0943.